The molecule has 0 radical (unpaired) electrons. The van der Waals surface area contributed by atoms with E-state index in [0.29, 0.717) is 13.0 Å². The van der Waals surface area contributed by atoms with E-state index in [2.05, 4.69) is 31.0 Å². The van der Waals surface area contributed by atoms with E-state index >= 15 is 0 Å². The number of ether oxygens (including phenoxy) is 1. The van der Waals surface area contributed by atoms with Gasteiger partial charge in [-0.15, -0.1) is 0 Å². The molecule has 3 nitrogen and oxygen atoms in total. The molecule has 0 amide bonds. The van der Waals surface area contributed by atoms with Crippen LogP contribution in [0, 0.1) is 0 Å². The Bertz CT molecular complexity index is 572. The zero-order chi connectivity index (χ0) is 14.8. The summed E-state index contributed by atoms with van der Waals surface area (Å²) in [6.45, 7) is -2.26. The third-order valence-electron chi connectivity index (χ3n) is 3.76. The minimum atomic E-state index is -2.71. The van der Waals surface area contributed by atoms with Gasteiger partial charge < -0.3 is 10.1 Å². The third-order valence-corrected chi connectivity index (χ3v) is 4.29. The molecule has 0 aliphatic carbocycles. The second-order valence-corrected chi connectivity index (χ2v) is 6.09. The van der Waals surface area contributed by atoms with E-state index in [1.807, 2.05) is 30.5 Å². The van der Waals surface area contributed by atoms with Gasteiger partial charge in [0.1, 0.15) is 0 Å². The highest BCUT2D eigenvalue weighted by Crippen LogP contribution is 2.28. The molecule has 0 bridgehead atoms. The molecular formula is C15H15BrF2N2O. The van der Waals surface area contributed by atoms with Crippen LogP contribution in [0.2, 0.25) is 0 Å². The lowest BCUT2D eigenvalue weighted by atomic mass is 9.99. The van der Waals surface area contributed by atoms with Gasteiger partial charge in [0.05, 0.1) is 6.10 Å². The van der Waals surface area contributed by atoms with Gasteiger partial charge in [0.2, 0.25) is 0 Å². The molecule has 0 unspecified atom stereocenters. The summed E-state index contributed by atoms with van der Waals surface area (Å²) in [5.41, 5.74) is 3.28. The molecule has 3 rings (SSSR count). The minimum absolute atomic E-state index is 0.0259. The molecular weight excluding hydrogens is 342 g/mol. The van der Waals surface area contributed by atoms with E-state index < -0.39 is 12.7 Å². The largest absolute Gasteiger partial charge is 0.345 e. The lowest BCUT2D eigenvalue weighted by Crippen LogP contribution is -2.29. The molecule has 2 aliphatic heterocycles. The fourth-order valence-electron chi connectivity index (χ4n) is 2.71. The summed E-state index contributed by atoms with van der Waals surface area (Å²) in [6, 6.07) is 8.10. The van der Waals surface area contributed by atoms with Crippen molar-refractivity contribution in [3.63, 3.8) is 0 Å². The summed E-state index contributed by atoms with van der Waals surface area (Å²) in [5, 5.41) is 3.21. The van der Waals surface area contributed by atoms with Gasteiger partial charge in [0.25, 0.3) is 0 Å². The zero-order valence-corrected chi connectivity index (χ0v) is 12.8. The highest BCUT2D eigenvalue weighted by molar-refractivity contribution is 9.10. The van der Waals surface area contributed by atoms with E-state index in [4.69, 9.17) is 0 Å². The molecule has 2 aliphatic rings. The molecule has 0 aromatic heterocycles. The molecule has 21 heavy (non-hydrogen) atoms. The number of nitrogens with one attached hydrogen (secondary N) is 1. The summed E-state index contributed by atoms with van der Waals surface area (Å²) in [4.78, 5) is 4.45. The second-order valence-electron chi connectivity index (χ2n) is 5.17. The average molecular weight is 357 g/mol. The topological polar surface area (TPSA) is 33.6 Å². The van der Waals surface area contributed by atoms with Gasteiger partial charge in [-0.3, -0.25) is 4.99 Å². The van der Waals surface area contributed by atoms with E-state index in [1.54, 1.807) is 0 Å². The molecule has 112 valence electrons. The fourth-order valence-corrected chi connectivity index (χ4v) is 2.97. The van der Waals surface area contributed by atoms with Gasteiger partial charge in [-0.1, -0.05) is 28.1 Å². The Hall–Kier alpha value is -1.11. The Balaban J connectivity index is 1.58. The van der Waals surface area contributed by atoms with E-state index in [-0.39, 0.29) is 6.04 Å². The number of rotatable bonds is 4. The van der Waals surface area contributed by atoms with Gasteiger partial charge >= 0.3 is 6.61 Å². The molecule has 2 heterocycles. The van der Waals surface area contributed by atoms with Crippen molar-refractivity contribution in [3.05, 3.63) is 40.5 Å². The van der Waals surface area contributed by atoms with Crippen LogP contribution >= 0.6 is 15.9 Å². The normalized spacial score (nSPS) is 25.3. The Kier molecular flexibility index (Phi) is 4.47. The molecule has 1 aromatic rings. The molecule has 1 saturated heterocycles. The monoisotopic (exact) mass is 356 g/mol. The number of hydrogen-bond donors (Lipinski definition) is 1. The Morgan fingerprint density at radius 2 is 2.05 bits per heavy atom. The lowest BCUT2D eigenvalue weighted by Gasteiger charge is -2.12. The Morgan fingerprint density at radius 1 is 1.29 bits per heavy atom. The van der Waals surface area contributed by atoms with Crippen LogP contribution in [0.4, 0.5) is 8.78 Å². The molecule has 6 heteroatoms. The predicted octanol–water partition coefficient (Wildman–Crippen LogP) is 3.60. The standard InChI is InChI=1S/C15H15BrF2N2O/c16-11-3-1-9(2-4-11)10-5-13(19-7-10)14-6-12(8-20-14)21-15(17)18/h1-4,7,12,14-15,20H,5-6,8H2/t12-,14-/m0/s1. The van der Waals surface area contributed by atoms with Crippen LogP contribution in [-0.4, -0.2) is 31.0 Å². The first-order valence-corrected chi connectivity index (χ1v) is 7.59. The smallest absolute Gasteiger partial charge is 0.318 e. The molecule has 0 spiro atoms. The van der Waals surface area contributed by atoms with Crippen LogP contribution in [0.25, 0.3) is 5.57 Å². The summed E-state index contributed by atoms with van der Waals surface area (Å²) < 4.78 is 30.0. The summed E-state index contributed by atoms with van der Waals surface area (Å²) in [6.07, 6.45) is 2.72. The van der Waals surface area contributed by atoms with E-state index in [0.717, 1.165) is 27.7 Å². The van der Waals surface area contributed by atoms with Crippen LogP contribution in [0.15, 0.2) is 39.9 Å². The number of alkyl halides is 2. The number of allylic oxidation sites excluding steroid dienone is 1. The molecule has 0 saturated carbocycles. The van der Waals surface area contributed by atoms with Gasteiger partial charge in [0.15, 0.2) is 0 Å². The van der Waals surface area contributed by atoms with Gasteiger partial charge in [-0.05, 0) is 29.7 Å². The van der Waals surface area contributed by atoms with Gasteiger partial charge in [0, 0.05) is 35.4 Å². The highest BCUT2D eigenvalue weighted by Gasteiger charge is 2.31. The maximum Gasteiger partial charge on any atom is 0.345 e. The van der Waals surface area contributed by atoms with E-state index in [9.17, 15) is 8.78 Å². The van der Waals surface area contributed by atoms with Crippen LogP contribution < -0.4 is 5.32 Å². The van der Waals surface area contributed by atoms with Crippen molar-refractivity contribution < 1.29 is 13.5 Å². The Morgan fingerprint density at radius 3 is 2.76 bits per heavy atom. The van der Waals surface area contributed by atoms with Crippen LogP contribution in [-0.2, 0) is 4.74 Å². The first kappa shape index (κ1) is 14.8. The van der Waals surface area contributed by atoms with Gasteiger partial charge in [-0.2, -0.15) is 8.78 Å². The summed E-state index contributed by atoms with van der Waals surface area (Å²) in [7, 11) is 0. The number of nitrogens with zero attached hydrogens (tertiary/aromatic N) is 1. The van der Waals surface area contributed by atoms with Crippen molar-refractivity contribution >= 4 is 27.2 Å². The first-order valence-electron chi connectivity index (χ1n) is 6.80. The number of benzene rings is 1. The number of aliphatic imine (C=N–C) groups is 1. The number of hydrogen-bond acceptors (Lipinski definition) is 3. The minimum Gasteiger partial charge on any atom is -0.318 e. The predicted molar refractivity (Wildman–Crippen MR) is 81.5 cm³/mol. The van der Waals surface area contributed by atoms with Crippen molar-refractivity contribution in [2.75, 3.05) is 6.54 Å². The van der Waals surface area contributed by atoms with Crippen LogP contribution in [0.5, 0.6) is 0 Å². The van der Waals surface area contributed by atoms with Crippen LogP contribution in [0.1, 0.15) is 18.4 Å². The Labute approximate surface area is 130 Å². The maximum atomic E-state index is 12.2. The molecule has 1 fully saturated rings. The van der Waals surface area contributed by atoms with Crippen molar-refractivity contribution in [1.82, 2.24) is 5.32 Å². The maximum absolute atomic E-state index is 12.2. The van der Waals surface area contributed by atoms with Crippen molar-refractivity contribution in [1.29, 1.82) is 0 Å². The molecule has 2 atom stereocenters. The quantitative estimate of drug-likeness (QED) is 0.893. The average Bonchev–Trinajstić information content (AvgIpc) is 3.07. The molecule has 1 aromatic carbocycles. The number of halogens is 3. The zero-order valence-electron chi connectivity index (χ0n) is 11.2. The third kappa shape index (κ3) is 3.56. The summed E-state index contributed by atoms with van der Waals surface area (Å²) >= 11 is 3.41. The molecule has 1 N–H and O–H groups in total. The van der Waals surface area contributed by atoms with Crippen molar-refractivity contribution in [3.8, 4) is 0 Å². The van der Waals surface area contributed by atoms with E-state index in [1.165, 1.54) is 0 Å². The fraction of sp³-hybridized carbons (Fsp3) is 0.400. The lowest BCUT2D eigenvalue weighted by molar-refractivity contribution is -0.157. The van der Waals surface area contributed by atoms with Crippen LogP contribution in [0.3, 0.4) is 0 Å². The second kappa shape index (κ2) is 6.34. The highest BCUT2D eigenvalue weighted by atomic mass is 79.9. The summed E-state index contributed by atoms with van der Waals surface area (Å²) in [5.74, 6) is 0. The van der Waals surface area contributed by atoms with Crippen molar-refractivity contribution in [2.24, 2.45) is 4.99 Å². The first-order chi connectivity index (χ1) is 10.1. The SMILES string of the molecule is FC(F)O[C@@H]1CN[C@H](C2=NC=C(c3ccc(Br)cc3)C2)C1. The van der Waals surface area contributed by atoms with Gasteiger partial charge in [-0.25, -0.2) is 0 Å². The van der Waals surface area contributed by atoms with Crippen molar-refractivity contribution in [2.45, 2.75) is 31.6 Å².